The van der Waals surface area contributed by atoms with E-state index in [0.717, 1.165) is 31.8 Å². The first-order valence-electron chi connectivity index (χ1n) is 6.47. The van der Waals surface area contributed by atoms with Crippen LogP contribution in [0, 0.1) is 6.92 Å². The lowest BCUT2D eigenvalue weighted by atomic mass is 9.99. The molecule has 1 nitrogen and oxygen atoms in total. The monoisotopic (exact) mass is 435 g/mol. The molecule has 5 heteroatoms. The van der Waals surface area contributed by atoms with Crippen molar-refractivity contribution in [1.29, 1.82) is 0 Å². The van der Waals surface area contributed by atoms with Gasteiger partial charge in [0.15, 0.2) is 0 Å². The van der Waals surface area contributed by atoms with Gasteiger partial charge in [-0.2, -0.15) is 0 Å². The van der Waals surface area contributed by atoms with Crippen LogP contribution in [-0.4, -0.2) is 6.54 Å². The van der Waals surface area contributed by atoms with Gasteiger partial charge < -0.3 is 5.32 Å². The Balaban J connectivity index is 2.47. The zero-order valence-corrected chi connectivity index (χ0v) is 16.1. The predicted molar refractivity (Wildman–Crippen MR) is 96.0 cm³/mol. The van der Waals surface area contributed by atoms with Crippen LogP contribution in [0.1, 0.15) is 35.4 Å². The number of rotatable bonds is 5. The third-order valence-corrected chi connectivity index (χ3v) is 6.01. The Morgan fingerprint density at radius 2 is 2.05 bits per heavy atom. The molecule has 2 aromatic rings. The van der Waals surface area contributed by atoms with Crippen LogP contribution in [0.5, 0.6) is 0 Å². The first-order chi connectivity index (χ1) is 9.54. The average molecular weight is 438 g/mol. The lowest BCUT2D eigenvalue weighted by Gasteiger charge is -2.21. The largest absolute Gasteiger partial charge is 0.306 e. The van der Waals surface area contributed by atoms with Crippen LogP contribution in [0.3, 0.4) is 0 Å². The highest BCUT2D eigenvalue weighted by atomic mass is 79.9. The van der Waals surface area contributed by atoms with Crippen molar-refractivity contribution < 1.29 is 0 Å². The van der Waals surface area contributed by atoms with E-state index in [1.807, 2.05) is 12.1 Å². The van der Waals surface area contributed by atoms with Crippen molar-refractivity contribution in [2.24, 2.45) is 0 Å². The Morgan fingerprint density at radius 1 is 1.30 bits per heavy atom. The van der Waals surface area contributed by atoms with E-state index in [-0.39, 0.29) is 6.04 Å². The number of halogens is 3. The summed E-state index contributed by atoms with van der Waals surface area (Å²) in [5.74, 6) is 0. The molecule has 0 aliphatic rings. The highest BCUT2D eigenvalue weighted by Gasteiger charge is 2.21. The smallest absolute Gasteiger partial charge is 0.0704 e. The van der Waals surface area contributed by atoms with Crippen LogP contribution >= 0.6 is 54.8 Å². The zero-order valence-electron chi connectivity index (χ0n) is 11.3. The van der Waals surface area contributed by atoms with Gasteiger partial charge in [-0.05, 0) is 75.0 Å². The molecule has 0 amide bonds. The fourth-order valence-electron chi connectivity index (χ4n) is 2.16. The van der Waals surface area contributed by atoms with Crippen molar-refractivity contribution in [3.8, 4) is 0 Å². The fraction of sp³-hybridized carbons (Fsp3) is 0.333. The van der Waals surface area contributed by atoms with E-state index in [1.54, 1.807) is 11.3 Å². The molecule has 0 aliphatic carbocycles. The third-order valence-electron chi connectivity index (χ3n) is 3.13. The van der Waals surface area contributed by atoms with E-state index in [1.165, 1.54) is 10.4 Å². The maximum Gasteiger partial charge on any atom is 0.0704 e. The molecule has 0 bridgehead atoms. The molecule has 0 saturated carbocycles. The molecule has 0 saturated heterocycles. The van der Waals surface area contributed by atoms with Gasteiger partial charge in [-0.25, -0.2) is 0 Å². The Kier molecular flexibility index (Phi) is 6.11. The van der Waals surface area contributed by atoms with Crippen molar-refractivity contribution in [2.45, 2.75) is 26.3 Å². The Morgan fingerprint density at radius 3 is 2.65 bits per heavy atom. The van der Waals surface area contributed by atoms with Gasteiger partial charge in [0.05, 0.1) is 14.9 Å². The minimum Gasteiger partial charge on any atom is -0.306 e. The Bertz CT molecular complexity index is 598. The lowest BCUT2D eigenvalue weighted by molar-refractivity contribution is 0.598. The van der Waals surface area contributed by atoms with Gasteiger partial charge in [0, 0.05) is 9.35 Å². The zero-order chi connectivity index (χ0) is 14.7. The van der Waals surface area contributed by atoms with E-state index < -0.39 is 0 Å². The van der Waals surface area contributed by atoms with Crippen LogP contribution in [0.15, 0.2) is 32.5 Å². The minimum atomic E-state index is 0.127. The van der Waals surface area contributed by atoms with Crippen molar-refractivity contribution in [3.63, 3.8) is 0 Å². The van der Waals surface area contributed by atoms with Gasteiger partial charge in [0.25, 0.3) is 0 Å². The quantitative estimate of drug-likeness (QED) is 0.577. The molecule has 1 N–H and O–H groups in total. The van der Waals surface area contributed by atoms with E-state index in [4.69, 9.17) is 11.6 Å². The van der Waals surface area contributed by atoms with Gasteiger partial charge >= 0.3 is 0 Å². The summed E-state index contributed by atoms with van der Waals surface area (Å²) in [6, 6.07) is 8.40. The summed E-state index contributed by atoms with van der Waals surface area (Å²) in [4.78, 5) is 1.31. The second-order valence-corrected chi connectivity index (χ2v) is 8.46. The highest BCUT2D eigenvalue weighted by Crippen LogP contribution is 2.38. The minimum absolute atomic E-state index is 0.127. The first-order valence-corrected chi connectivity index (χ1v) is 9.25. The number of hydrogen-bond acceptors (Lipinski definition) is 2. The molecule has 0 radical (unpaired) electrons. The standard InChI is InChI=1S/C15H16Br2ClNS/c1-3-7-19-15(11-8-13(17)20-9(11)2)10-5-4-6-12(16)14(10)18/h4-6,8,15,19H,3,7H2,1-2H3. The number of hydrogen-bond donors (Lipinski definition) is 1. The molecule has 1 atom stereocenters. The van der Waals surface area contributed by atoms with E-state index in [2.05, 4.69) is 63.2 Å². The predicted octanol–water partition coefficient (Wildman–Crippen LogP) is 6.32. The Labute approximate surface area is 146 Å². The summed E-state index contributed by atoms with van der Waals surface area (Å²) in [6.45, 7) is 5.28. The van der Waals surface area contributed by atoms with E-state index >= 15 is 0 Å². The third kappa shape index (κ3) is 3.66. The average Bonchev–Trinajstić information content (AvgIpc) is 2.74. The molecular formula is C15H16Br2ClNS. The van der Waals surface area contributed by atoms with Crippen LogP contribution in [0.2, 0.25) is 5.02 Å². The molecule has 2 rings (SSSR count). The number of aryl methyl sites for hydroxylation is 1. The molecule has 1 unspecified atom stereocenters. The van der Waals surface area contributed by atoms with Gasteiger partial charge in [-0.15, -0.1) is 11.3 Å². The topological polar surface area (TPSA) is 12.0 Å². The summed E-state index contributed by atoms with van der Waals surface area (Å²) in [5.41, 5.74) is 2.40. The number of benzene rings is 1. The summed E-state index contributed by atoms with van der Waals surface area (Å²) in [7, 11) is 0. The maximum absolute atomic E-state index is 6.48. The number of thiophene rings is 1. The number of nitrogens with one attached hydrogen (secondary N) is 1. The summed E-state index contributed by atoms with van der Waals surface area (Å²) in [6.07, 6.45) is 1.09. The molecule has 1 aromatic heterocycles. The van der Waals surface area contributed by atoms with Crippen LogP contribution in [0.25, 0.3) is 0 Å². The molecule has 0 fully saturated rings. The molecular weight excluding hydrogens is 422 g/mol. The lowest BCUT2D eigenvalue weighted by Crippen LogP contribution is -2.23. The SMILES string of the molecule is CCCNC(c1cc(Br)sc1C)c1cccc(Br)c1Cl. The van der Waals surface area contributed by atoms with Gasteiger partial charge in [0.1, 0.15) is 0 Å². The van der Waals surface area contributed by atoms with Crippen molar-refractivity contribution in [3.05, 3.63) is 53.6 Å². The van der Waals surface area contributed by atoms with Gasteiger partial charge in [-0.1, -0.05) is 30.7 Å². The Hall–Kier alpha value is 0.130. The normalized spacial score (nSPS) is 12.7. The highest BCUT2D eigenvalue weighted by molar-refractivity contribution is 9.11. The fourth-order valence-corrected chi connectivity index (χ4v) is 4.53. The summed E-state index contributed by atoms with van der Waals surface area (Å²) in [5, 5.41) is 4.39. The molecule has 0 spiro atoms. The van der Waals surface area contributed by atoms with Gasteiger partial charge in [0.2, 0.25) is 0 Å². The molecule has 1 aromatic carbocycles. The van der Waals surface area contributed by atoms with Crippen molar-refractivity contribution in [2.75, 3.05) is 6.54 Å². The second kappa shape index (κ2) is 7.41. The molecule has 20 heavy (non-hydrogen) atoms. The van der Waals surface area contributed by atoms with Gasteiger partial charge in [-0.3, -0.25) is 0 Å². The summed E-state index contributed by atoms with van der Waals surface area (Å²) >= 11 is 15.3. The van der Waals surface area contributed by atoms with E-state index in [0.29, 0.717) is 0 Å². The van der Waals surface area contributed by atoms with Crippen LogP contribution in [0.4, 0.5) is 0 Å². The van der Waals surface area contributed by atoms with Crippen molar-refractivity contribution in [1.82, 2.24) is 5.32 Å². The first kappa shape index (κ1) is 16.5. The van der Waals surface area contributed by atoms with Crippen molar-refractivity contribution >= 4 is 54.8 Å². The van der Waals surface area contributed by atoms with Crippen LogP contribution in [-0.2, 0) is 0 Å². The van der Waals surface area contributed by atoms with Crippen LogP contribution < -0.4 is 5.32 Å². The molecule has 1 heterocycles. The second-order valence-electron chi connectivity index (χ2n) is 4.59. The molecule has 108 valence electrons. The maximum atomic E-state index is 6.48. The van der Waals surface area contributed by atoms with E-state index in [9.17, 15) is 0 Å². The summed E-state index contributed by atoms with van der Waals surface area (Å²) < 4.78 is 2.09. The molecule has 0 aliphatic heterocycles.